The van der Waals surface area contributed by atoms with Gasteiger partial charge in [0.25, 0.3) is 0 Å². The number of benzene rings is 1. The van der Waals surface area contributed by atoms with E-state index < -0.39 is 0 Å². The minimum absolute atomic E-state index is 0.516. The van der Waals surface area contributed by atoms with Crippen LogP contribution >= 0.6 is 11.6 Å². The zero-order valence-corrected chi connectivity index (χ0v) is 12.9. The van der Waals surface area contributed by atoms with E-state index >= 15 is 0 Å². The molecule has 2 aromatic heterocycles. The van der Waals surface area contributed by atoms with Crippen molar-refractivity contribution in [1.82, 2.24) is 19.5 Å². The van der Waals surface area contributed by atoms with Crippen LogP contribution < -0.4 is 10.1 Å². The van der Waals surface area contributed by atoms with Crippen LogP contribution in [-0.4, -0.2) is 32.5 Å². The molecule has 0 saturated carbocycles. The zero-order chi connectivity index (χ0) is 15.4. The van der Waals surface area contributed by atoms with Gasteiger partial charge in [0.2, 0.25) is 5.95 Å². The SMILES string of the molecule is COc1cccc(CNc2ncc3ncn(CCCl)c3n2)c1. The largest absolute Gasteiger partial charge is 0.497 e. The summed E-state index contributed by atoms with van der Waals surface area (Å²) in [6, 6.07) is 7.86. The summed E-state index contributed by atoms with van der Waals surface area (Å²) in [6.45, 7) is 1.29. The van der Waals surface area contributed by atoms with E-state index in [4.69, 9.17) is 16.3 Å². The molecule has 0 radical (unpaired) electrons. The zero-order valence-electron chi connectivity index (χ0n) is 12.2. The van der Waals surface area contributed by atoms with Crippen molar-refractivity contribution < 1.29 is 4.74 Å². The molecule has 0 amide bonds. The lowest BCUT2D eigenvalue weighted by molar-refractivity contribution is 0.414. The molecule has 114 valence electrons. The Balaban J connectivity index is 1.77. The fourth-order valence-electron chi connectivity index (χ4n) is 2.16. The monoisotopic (exact) mass is 317 g/mol. The first kappa shape index (κ1) is 14.6. The summed E-state index contributed by atoms with van der Waals surface area (Å²) in [4.78, 5) is 13.0. The molecule has 0 aliphatic heterocycles. The van der Waals surface area contributed by atoms with Crippen molar-refractivity contribution >= 4 is 28.7 Å². The molecule has 0 aliphatic carbocycles. The van der Waals surface area contributed by atoms with Gasteiger partial charge >= 0.3 is 0 Å². The maximum absolute atomic E-state index is 5.78. The van der Waals surface area contributed by atoms with Crippen LogP contribution in [0.1, 0.15) is 5.56 Å². The Morgan fingerprint density at radius 1 is 1.32 bits per heavy atom. The van der Waals surface area contributed by atoms with Crippen LogP contribution in [0.4, 0.5) is 5.95 Å². The molecular weight excluding hydrogens is 302 g/mol. The number of alkyl halides is 1. The normalized spacial score (nSPS) is 10.8. The van der Waals surface area contributed by atoms with Crippen LogP contribution in [0.2, 0.25) is 0 Å². The Morgan fingerprint density at radius 2 is 2.23 bits per heavy atom. The number of ether oxygens (including phenoxy) is 1. The van der Waals surface area contributed by atoms with Gasteiger partial charge in [0.05, 0.1) is 19.6 Å². The lowest BCUT2D eigenvalue weighted by Gasteiger charge is -2.07. The first-order chi connectivity index (χ1) is 10.8. The molecule has 0 aliphatic rings. The molecule has 0 unspecified atom stereocenters. The Hall–Kier alpha value is -2.34. The lowest BCUT2D eigenvalue weighted by atomic mass is 10.2. The summed E-state index contributed by atoms with van der Waals surface area (Å²) in [5.74, 6) is 1.91. The number of aromatic nitrogens is 4. The number of aryl methyl sites for hydroxylation is 1. The third kappa shape index (κ3) is 3.12. The number of hydrogen-bond donors (Lipinski definition) is 1. The first-order valence-electron chi connectivity index (χ1n) is 6.91. The summed E-state index contributed by atoms with van der Waals surface area (Å²) in [7, 11) is 1.65. The average molecular weight is 318 g/mol. The highest BCUT2D eigenvalue weighted by Gasteiger charge is 2.06. The number of nitrogens with one attached hydrogen (secondary N) is 1. The predicted molar refractivity (Wildman–Crippen MR) is 86.4 cm³/mol. The van der Waals surface area contributed by atoms with Gasteiger partial charge in [-0.1, -0.05) is 12.1 Å². The van der Waals surface area contributed by atoms with E-state index in [2.05, 4.69) is 20.3 Å². The topological polar surface area (TPSA) is 64.9 Å². The molecule has 3 rings (SSSR count). The van der Waals surface area contributed by atoms with Crippen molar-refractivity contribution in [2.75, 3.05) is 18.3 Å². The Kier molecular flexibility index (Phi) is 4.39. The Bertz CT molecular complexity index is 773. The predicted octanol–water partition coefficient (Wildman–Crippen LogP) is 2.69. The summed E-state index contributed by atoms with van der Waals surface area (Å²) in [5, 5.41) is 3.21. The van der Waals surface area contributed by atoms with Crippen molar-refractivity contribution in [1.29, 1.82) is 0 Å². The van der Waals surface area contributed by atoms with Crippen molar-refractivity contribution in [2.24, 2.45) is 0 Å². The number of anilines is 1. The maximum atomic E-state index is 5.78. The van der Waals surface area contributed by atoms with Gasteiger partial charge in [0.15, 0.2) is 5.65 Å². The molecule has 2 heterocycles. The number of fused-ring (bicyclic) bond motifs is 1. The fraction of sp³-hybridized carbons (Fsp3) is 0.267. The number of halogens is 1. The Morgan fingerprint density at radius 3 is 3.05 bits per heavy atom. The molecule has 1 aromatic carbocycles. The van der Waals surface area contributed by atoms with E-state index in [0.717, 1.165) is 22.5 Å². The molecular formula is C15H16ClN5O. The molecule has 22 heavy (non-hydrogen) atoms. The third-order valence-electron chi connectivity index (χ3n) is 3.27. The molecule has 1 N–H and O–H groups in total. The van der Waals surface area contributed by atoms with Gasteiger partial charge in [-0.3, -0.25) is 0 Å². The second-order valence-corrected chi connectivity index (χ2v) is 5.11. The van der Waals surface area contributed by atoms with Crippen LogP contribution in [0.25, 0.3) is 11.2 Å². The number of hydrogen-bond acceptors (Lipinski definition) is 5. The quantitative estimate of drug-likeness (QED) is 0.708. The van der Waals surface area contributed by atoms with E-state index in [1.165, 1.54) is 0 Å². The van der Waals surface area contributed by atoms with Crippen molar-refractivity contribution in [3.05, 3.63) is 42.4 Å². The minimum atomic E-state index is 0.516. The van der Waals surface area contributed by atoms with Gasteiger partial charge in [-0.05, 0) is 17.7 Å². The van der Waals surface area contributed by atoms with Crippen molar-refractivity contribution in [3.63, 3.8) is 0 Å². The van der Waals surface area contributed by atoms with Crippen molar-refractivity contribution in [2.45, 2.75) is 13.1 Å². The molecule has 0 bridgehead atoms. The van der Waals surface area contributed by atoms with Crippen LogP contribution in [0.15, 0.2) is 36.8 Å². The summed E-state index contributed by atoms with van der Waals surface area (Å²) in [5.41, 5.74) is 2.64. The van der Waals surface area contributed by atoms with Crippen LogP contribution in [0.3, 0.4) is 0 Å². The third-order valence-corrected chi connectivity index (χ3v) is 3.44. The van der Waals surface area contributed by atoms with Crippen LogP contribution in [0, 0.1) is 0 Å². The number of rotatable bonds is 6. The smallest absolute Gasteiger partial charge is 0.225 e. The number of nitrogens with zero attached hydrogens (tertiary/aromatic N) is 4. The molecule has 3 aromatic rings. The van der Waals surface area contributed by atoms with E-state index in [9.17, 15) is 0 Å². The molecule has 0 spiro atoms. The highest BCUT2D eigenvalue weighted by molar-refractivity contribution is 6.17. The van der Waals surface area contributed by atoms with E-state index in [0.29, 0.717) is 24.9 Å². The molecule has 7 heteroatoms. The molecule has 0 atom stereocenters. The van der Waals surface area contributed by atoms with Gasteiger partial charge in [-0.25, -0.2) is 9.97 Å². The number of imidazole rings is 1. The van der Waals surface area contributed by atoms with Crippen LogP contribution in [-0.2, 0) is 13.1 Å². The van der Waals surface area contributed by atoms with Gasteiger partial charge < -0.3 is 14.6 Å². The molecule has 0 fully saturated rings. The maximum Gasteiger partial charge on any atom is 0.225 e. The van der Waals surface area contributed by atoms with E-state index in [1.807, 2.05) is 28.8 Å². The average Bonchev–Trinajstić information content (AvgIpc) is 2.96. The van der Waals surface area contributed by atoms with E-state index in [-0.39, 0.29) is 0 Å². The number of methoxy groups -OCH3 is 1. The van der Waals surface area contributed by atoms with Gasteiger partial charge in [-0.2, -0.15) is 4.98 Å². The van der Waals surface area contributed by atoms with Gasteiger partial charge in [0, 0.05) is 19.0 Å². The van der Waals surface area contributed by atoms with E-state index in [1.54, 1.807) is 19.6 Å². The minimum Gasteiger partial charge on any atom is -0.497 e. The highest BCUT2D eigenvalue weighted by Crippen LogP contribution is 2.15. The second-order valence-electron chi connectivity index (χ2n) is 4.73. The van der Waals surface area contributed by atoms with Gasteiger partial charge in [-0.15, -0.1) is 11.6 Å². The lowest BCUT2D eigenvalue weighted by Crippen LogP contribution is -2.05. The standard InChI is InChI=1S/C15H16ClN5O/c1-22-12-4-2-3-11(7-12)8-17-15-18-9-13-14(20-15)21(6-5-16)10-19-13/h2-4,7,9-10H,5-6,8H2,1H3,(H,17,18,20). The highest BCUT2D eigenvalue weighted by atomic mass is 35.5. The Labute approximate surface area is 133 Å². The van der Waals surface area contributed by atoms with Crippen LogP contribution in [0.5, 0.6) is 5.75 Å². The van der Waals surface area contributed by atoms with Gasteiger partial charge in [0.1, 0.15) is 11.3 Å². The fourth-order valence-corrected chi connectivity index (χ4v) is 2.34. The summed E-state index contributed by atoms with van der Waals surface area (Å²) >= 11 is 5.78. The van der Waals surface area contributed by atoms with Crippen molar-refractivity contribution in [3.8, 4) is 5.75 Å². The summed E-state index contributed by atoms with van der Waals surface area (Å²) in [6.07, 6.45) is 3.44. The first-order valence-corrected chi connectivity index (χ1v) is 7.44. The second kappa shape index (κ2) is 6.62. The molecule has 6 nitrogen and oxygen atoms in total. The summed E-state index contributed by atoms with van der Waals surface area (Å²) < 4.78 is 7.13. The molecule has 0 saturated heterocycles.